The molecule has 0 unspecified atom stereocenters. The molecular formula is C18H21N7O2S. The molecule has 0 fully saturated rings. The standard InChI is InChI=1S/C18H21N7O2S/c1-13(14-11-22-24(4)12-14)25-10-9-21-17(18(25)19-2)23-15-5-7-16(8-6-15)28(26,27)20-3/h5-12,20H,1H2,2-4H3,(H,21,23)/b19-18-. The quantitative estimate of drug-likeness (QED) is 0.650. The van der Waals surface area contributed by atoms with Gasteiger partial charge in [-0.3, -0.25) is 14.2 Å². The third kappa shape index (κ3) is 3.87. The van der Waals surface area contributed by atoms with Crippen molar-refractivity contribution in [2.45, 2.75) is 4.90 Å². The lowest BCUT2D eigenvalue weighted by Crippen LogP contribution is -2.24. The van der Waals surface area contributed by atoms with E-state index in [9.17, 15) is 8.42 Å². The molecule has 0 spiro atoms. The summed E-state index contributed by atoms with van der Waals surface area (Å²) < 4.78 is 29.5. The minimum atomic E-state index is -3.48. The maximum absolute atomic E-state index is 11.8. The fourth-order valence-electron chi connectivity index (χ4n) is 2.62. The van der Waals surface area contributed by atoms with E-state index < -0.39 is 10.0 Å². The highest BCUT2D eigenvalue weighted by Crippen LogP contribution is 2.17. The largest absolute Gasteiger partial charge is 0.337 e. The lowest BCUT2D eigenvalue weighted by Gasteiger charge is -2.13. The molecule has 28 heavy (non-hydrogen) atoms. The molecule has 2 heterocycles. The van der Waals surface area contributed by atoms with Crippen molar-refractivity contribution < 1.29 is 8.42 Å². The molecule has 0 saturated heterocycles. The Balaban J connectivity index is 1.94. The topological polar surface area (TPSA) is 106 Å². The molecule has 0 radical (unpaired) electrons. The van der Waals surface area contributed by atoms with Crippen LogP contribution in [0.4, 0.5) is 11.5 Å². The number of hydrogen-bond donors (Lipinski definition) is 2. The average Bonchev–Trinajstić information content (AvgIpc) is 3.14. The van der Waals surface area contributed by atoms with Crippen molar-refractivity contribution in [3.05, 3.63) is 66.7 Å². The highest BCUT2D eigenvalue weighted by Gasteiger charge is 2.12. The van der Waals surface area contributed by atoms with Crippen molar-refractivity contribution in [1.29, 1.82) is 0 Å². The van der Waals surface area contributed by atoms with Crippen LogP contribution in [0.25, 0.3) is 5.70 Å². The molecule has 3 rings (SSSR count). The Bertz CT molecular complexity index is 1180. The molecule has 10 heteroatoms. The third-order valence-corrected chi connectivity index (χ3v) is 5.53. The van der Waals surface area contributed by atoms with E-state index in [1.54, 1.807) is 42.5 Å². The molecule has 0 aliphatic rings. The van der Waals surface area contributed by atoms with Crippen molar-refractivity contribution in [2.75, 3.05) is 19.4 Å². The first kappa shape index (κ1) is 19.5. The fourth-order valence-corrected chi connectivity index (χ4v) is 3.35. The molecule has 0 aliphatic carbocycles. The Kier molecular flexibility index (Phi) is 5.43. The highest BCUT2D eigenvalue weighted by molar-refractivity contribution is 7.89. The fraction of sp³-hybridized carbons (Fsp3) is 0.167. The Hall–Kier alpha value is -3.24. The number of nitrogens with one attached hydrogen (secondary N) is 2. The van der Waals surface area contributed by atoms with Gasteiger partial charge in [0.15, 0.2) is 11.3 Å². The van der Waals surface area contributed by atoms with E-state index in [1.807, 2.05) is 17.8 Å². The summed E-state index contributed by atoms with van der Waals surface area (Å²) in [5.41, 5.74) is 2.81. The smallest absolute Gasteiger partial charge is 0.240 e. The number of nitrogens with zero attached hydrogens (tertiary/aromatic N) is 5. The Morgan fingerprint density at radius 3 is 2.54 bits per heavy atom. The summed E-state index contributed by atoms with van der Waals surface area (Å²) in [4.78, 5) is 8.87. The summed E-state index contributed by atoms with van der Waals surface area (Å²) in [6.45, 7) is 4.13. The van der Waals surface area contributed by atoms with Gasteiger partial charge >= 0.3 is 0 Å². The minimum Gasteiger partial charge on any atom is -0.337 e. The molecule has 0 amide bonds. The van der Waals surface area contributed by atoms with E-state index in [1.165, 1.54) is 19.2 Å². The van der Waals surface area contributed by atoms with Crippen LogP contribution in [0.2, 0.25) is 0 Å². The van der Waals surface area contributed by atoms with Gasteiger partial charge < -0.3 is 5.32 Å². The third-order valence-electron chi connectivity index (χ3n) is 4.10. The summed E-state index contributed by atoms with van der Waals surface area (Å²) >= 11 is 0. The molecule has 3 aromatic rings. The first-order valence-electron chi connectivity index (χ1n) is 8.35. The van der Waals surface area contributed by atoms with Gasteiger partial charge in [0.25, 0.3) is 0 Å². The Labute approximate surface area is 163 Å². The van der Waals surface area contributed by atoms with E-state index in [2.05, 4.69) is 31.7 Å². The molecule has 0 saturated carbocycles. The van der Waals surface area contributed by atoms with E-state index in [0.717, 1.165) is 5.56 Å². The summed E-state index contributed by atoms with van der Waals surface area (Å²) in [6, 6.07) is 6.36. The number of aryl methyl sites for hydroxylation is 1. The van der Waals surface area contributed by atoms with Crippen LogP contribution in [0, 0.1) is 0 Å². The van der Waals surface area contributed by atoms with Crippen LogP contribution >= 0.6 is 0 Å². The number of hydrogen-bond acceptors (Lipinski definition) is 6. The second kappa shape index (κ2) is 7.79. The Morgan fingerprint density at radius 1 is 1.25 bits per heavy atom. The number of anilines is 2. The normalized spacial score (nSPS) is 12.2. The van der Waals surface area contributed by atoms with Crippen LogP contribution in [0.3, 0.4) is 0 Å². The maximum atomic E-state index is 11.8. The number of rotatable bonds is 6. The van der Waals surface area contributed by atoms with Crippen LogP contribution in [0.1, 0.15) is 5.56 Å². The lowest BCUT2D eigenvalue weighted by atomic mass is 10.3. The van der Waals surface area contributed by atoms with Crippen LogP contribution in [0.5, 0.6) is 0 Å². The number of aromatic nitrogens is 4. The molecule has 9 nitrogen and oxygen atoms in total. The maximum Gasteiger partial charge on any atom is 0.240 e. The predicted molar refractivity (Wildman–Crippen MR) is 107 cm³/mol. The van der Waals surface area contributed by atoms with Gasteiger partial charge in [-0.25, -0.2) is 18.1 Å². The second-order valence-electron chi connectivity index (χ2n) is 5.90. The Morgan fingerprint density at radius 2 is 1.96 bits per heavy atom. The average molecular weight is 399 g/mol. The molecule has 0 aliphatic heterocycles. The summed E-state index contributed by atoms with van der Waals surface area (Å²) in [5.74, 6) is 0.513. The monoisotopic (exact) mass is 399 g/mol. The van der Waals surface area contributed by atoms with Crippen LogP contribution in [0.15, 0.2) is 65.5 Å². The molecule has 146 valence electrons. The summed E-state index contributed by atoms with van der Waals surface area (Å²) in [5, 5.41) is 7.34. The zero-order chi connectivity index (χ0) is 20.3. The highest BCUT2D eigenvalue weighted by atomic mass is 32.2. The van der Waals surface area contributed by atoms with Gasteiger partial charge in [-0.2, -0.15) is 5.10 Å². The van der Waals surface area contributed by atoms with Gasteiger partial charge in [-0.15, -0.1) is 0 Å². The molecular weight excluding hydrogens is 378 g/mol. The van der Waals surface area contributed by atoms with Gasteiger partial charge in [0.2, 0.25) is 10.0 Å². The summed E-state index contributed by atoms with van der Waals surface area (Å²) in [6.07, 6.45) is 7.00. The first-order valence-corrected chi connectivity index (χ1v) is 9.83. The molecule has 1 aromatic carbocycles. The predicted octanol–water partition coefficient (Wildman–Crippen LogP) is 1.32. The zero-order valence-corrected chi connectivity index (χ0v) is 16.6. The van der Waals surface area contributed by atoms with Gasteiger partial charge in [0.1, 0.15) is 0 Å². The molecule has 2 N–H and O–H groups in total. The van der Waals surface area contributed by atoms with Gasteiger partial charge in [0, 0.05) is 43.9 Å². The van der Waals surface area contributed by atoms with Crippen molar-refractivity contribution in [2.24, 2.45) is 12.0 Å². The van der Waals surface area contributed by atoms with E-state index in [4.69, 9.17) is 0 Å². The number of benzene rings is 1. The van der Waals surface area contributed by atoms with Gasteiger partial charge in [-0.1, -0.05) is 6.58 Å². The molecule has 2 aromatic heterocycles. The second-order valence-corrected chi connectivity index (χ2v) is 7.79. The van der Waals surface area contributed by atoms with Crippen molar-refractivity contribution in [3.63, 3.8) is 0 Å². The van der Waals surface area contributed by atoms with Crippen molar-refractivity contribution >= 4 is 27.2 Å². The van der Waals surface area contributed by atoms with Crippen molar-refractivity contribution in [3.8, 4) is 0 Å². The molecule has 0 atom stereocenters. The van der Waals surface area contributed by atoms with Crippen molar-refractivity contribution in [1.82, 2.24) is 24.1 Å². The lowest BCUT2D eigenvalue weighted by molar-refractivity contribution is 0.588. The number of sulfonamides is 1. The van der Waals surface area contributed by atoms with Crippen LogP contribution in [-0.2, 0) is 17.1 Å². The summed E-state index contributed by atoms with van der Waals surface area (Å²) in [7, 11) is 1.39. The zero-order valence-electron chi connectivity index (χ0n) is 15.8. The van der Waals surface area contributed by atoms with Crippen LogP contribution in [-0.4, -0.2) is 41.8 Å². The van der Waals surface area contributed by atoms with Crippen LogP contribution < -0.4 is 15.5 Å². The van der Waals surface area contributed by atoms with Gasteiger partial charge in [0.05, 0.1) is 16.8 Å². The van der Waals surface area contributed by atoms with Gasteiger partial charge in [-0.05, 0) is 31.3 Å². The van der Waals surface area contributed by atoms with E-state index in [-0.39, 0.29) is 4.90 Å². The van der Waals surface area contributed by atoms with E-state index >= 15 is 0 Å². The SMILES string of the molecule is C=C(c1cnn(C)c1)n1ccnc(Nc2ccc(S(=O)(=O)NC)cc2)/c1=N/C. The minimum absolute atomic E-state index is 0.182. The molecule has 0 bridgehead atoms. The van der Waals surface area contributed by atoms with E-state index in [0.29, 0.717) is 22.7 Å². The first-order chi connectivity index (χ1) is 13.4.